The second kappa shape index (κ2) is 5.31. The van der Waals surface area contributed by atoms with E-state index in [1.165, 1.54) is 49.9 Å². The van der Waals surface area contributed by atoms with Gasteiger partial charge in [-0.05, 0) is 75.2 Å². The number of piperidine rings is 1. The van der Waals surface area contributed by atoms with E-state index < -0.39 is 0 Å². The van der Waals surface area contributed by atoms with Crippen LogP contribution in [0, 0.1) is 5.92 Å². The molecule has 0 saturated carbocycles. The molecule has 0 aromatic heterocycles. The van der Waals surface area contributed by atoms with Crippen LogP contribution in [-0.2, 0) is 12.8 Å². The van der Waals surface area contributed by atoms with Crippen LogP contribution in [0.5, 0.6) is 5.75 Å². The lowest BCUT2D eigenvalue weighted by Crippen LogP contribution is -2.28. The second-order valence-electron chi connectivity index (χ2n) is 5.81. The summed E-state index contributed by atoms with van der Waals surface area (Å²) in [4.78, 5) is 0. The van der Waals surface area contributed by atoms with Gasteiger partial charge in [-0.25, -0.2) is 0 Å². The van der Waals surface area contributed by atoms with Crippen LogP contribution in [0.3, 0.4) is 0 Å². The van der Waals surface area contributed by atoms with E-state index in [2.05, 4.69) is 30.4 Å². The first-order chi connectivity index (χ1) is 8.81. The number of hydrogen-bond donors (Lipinski definition) is 1. The highest BCUT2D eigenvalue weighted by atomic mass is 16.5. The summed E-state index contributed by atoms with van der Waals surface area (Å²) in [6.45, 7) is 4.54. The fraction of sp³-hybridized carbons (Fsp3) is 0.625. The molecule has 1 aromatic rings. The van der Waals surface area contributed by atoms with E-state index in [0.29, 0.717) is 6.10 Å². The summed E-state index contributed by atoms with van der Waals surface area (Å²) in [5, 5.41) is 3.44. The number of rotatable bonds is 2. The van der Waals surface area contributed by atoms with E-state index in [4.69, 9.17) is 4.74 Å². The molecule has 0 aliphatic carbocycles. The molecule has 1 N–H and O–H groups in total. The molecule has 3 rings (SSSR count). The average Bonchev–Trinajstić information content (AvgIpc) is 2.40. The molecule has 2 aliphatic heterocycles. The largest absolute Gasteiger partial charge is 0.490 e. The Morgan fingerprint density at radius 3 is 2.89 bits per heavy atom. The van der Waals surface area contributed by atoms with Gasteiger partial charge >= 0.3 is 0 Å². The summed E-state index contributed by atoms with van der Waals surface area (Å²) in [7, 11) is 0. The molecule has 0 amide bonds. The third kappa shape index (κ3) is 2.69. The van der Waals surface area contributed by atoms with Crippen molar-refractivity contribution in [2.24, 2.45) is 5.92 Å². The molecule has 2 heterocycles. The first kappa shape index (κ1) is 12.0. The van der Waals surface area contributed by atoms with Crippen molar-refractivity contribution in [2.45, 2.75) is 45.1 Å². The first-order valence-electron chi connectivity index (χ1n) is 7.30. The Labute approximate surface area is 110 Å². The lowest BCUT2D eigenvalue weighted by atomic mass is 9.89. The van der Waals surface area contributed by atoms with Gasteiger partial charge in [0.2, 0.25) is 0 Å². The van der Waals surface area contributed by atoms with E-state index in [1.54, 1.807) is 0 Å². The number of ether oxygens (including phenoxy) is 1. The Morgan fingerprint density at radius 1 is 1.22 bits per heavy atom. The quantitative estimate of drug-likeness (QED) is 0.865. The minimum atomic E-state index is 0.382. The zero-order chi connectivity index (χ0) is 12.4. The Kier molecular flexibility index (Phi) is 3.55. The minimum absolute atomic E-state index is 0.382. The highest BCUT2D eigenvalue weighted by Crippen LogP contribution is 2.29. The van der Waals surface area contributed by atoms with Gasteiger partial charge in [0.1, 0.15) is 5.75 Å². The standard InChI is InChI=1S/C16H23NO/c1-12-2-4-15-11-14(3-5-16(15)18-12)10-13-6-8-17-9-7-13/h3,5,11-13,17H,2,4,6-10H2,1H3. The summed E-state index contributed by atoms with van der Waals surface area (Å²) in [6.07, 6.45) is 6.60. The summed E-state index contributed by atoms with van der Waals surface area (Å²) in [5.74, 6) is 1.98. The van der Waals surface area contributed by atoms with Gasteiger partial charge in [-0.15, -0.1) is 0 Å². The van der Waals surface area contributed by atoms with Crippen molar-refractivity contribution < 1.29 is 4.74 Å². The Bertz CT molecular complexity index is 410. The predicted molar refractivity (Wildman–Crippen MR) is 74.2 cm³/mol. The highest BCUT2D eigenvalue weighted by molar-refractivity contribution is 5.39. The molecule has 0 bridgehead atoms. The third-order valence-electron chi connectivity index (χ3n) is 4.26. The summed E-state index contributed by atoms with van der Waals surface area (Å²) in [5.41, 5.74) is 2.92. The molecule has 0 spiro atoms. The molecule has 1 fully saturated rings. The van der Waals surface area contributed by atoms with Gasteiger partial charge in [-0.2, -0.15) is 0 Å². The van der Waals surface area contributed by atoms with Crippen LogP contribution in [-0.4, -0.2) is 19.2 Å². The normalized spacial score (nSPS) is 24.4. The van der Waals surface area contributed by atoms with Crippen molar-refractivity contribution in [3.63, 3.8) is 0 Å². The zero-order valence-electron chi connectivity index (χ0n) is 11.2. The van der Waals surface area contributed by atoms with Crippen LogP contribution >= 0.6 is 0 Å². The lowest BCUT2D eigenvalue weighted by Gasteiger charge is -2.25. The van der Waals surface area contributed by atoms with Gasteiger partial charge in [0, 0.05) is 0 Å². The van der Waals surface area contributed by atoms with Crippen LogP contribution in [0.25, 0.3) is 0 Å². The molecule has 18 heavy (non-hydrogen) atoms. The van der Waals surface area contributed by atoms with Crippen LogP contribution in [0.1, 0.15) is 37.3 Å². The molecule has 2 nitrogen and oxygen atoms in total. The lowest BCUT2D eigenvalue weighted by molar-refractivity contribution is 0.192. The van der Waals surface area contributed by atoms with Crippen LogP contribution in [0.2, 0.25) is 0 Å². The van der Waals surface area contributed by atoms with Gasteiger partial charge in [-0.1, -0.05) is 12.1 Å². The molecule has 98 valence electrons. The van der Waals surface area contributed by atoms with Gasteiger partial charge in [0.15, 0.2) is 0 Å². The predicted octanol–water partition coefficient (Wildman–Crippen LogP) is 2.94. The summed E-state index contributed by atoms with van der Waals surface area (Å²) >= 11 is 0. The van der Waals surface area contributed by atoms with Gasteiger partial charge in [0.25, 0.3) is 0 Å². The smallest absolute Gasteiger partial charge is 0.122 e. The van der Waals surface area contributed by atoms with Gasteiger partial charge in [-0.3, -0.25) is 0 Å². The molecule has 0 radical (unpaired) electrons. The zero-order valence-corrected chi connectivity index (χ0v) is 11.2. The first-order valence-corrected chi connectivity index (χ1v) is 7.30. The number of nitrogens with one attached hydrogen (secondary N) is 1. The van der Waals surface area contributed by atoms with E-state index >= 15 is 0 Å². The second-order valence-corrected chi connectivity index (χ2v) is 5.81. The molecule has 1 unspecified atom stereocenters. The van der Waals surface area contributed by atoms with E-state index in [-0.39, 0.29) is 0 Å². The van der Waals surface area contributed by atoms with Crippen molar-refractivity contribution in [3.05, 3.63) is 29.3 Å². The molecular formula is C16H23NO. The fourth-order valence-corrected chi connectivity index (χ4v) is 3.12. The average molecular weight is 245 g/mol. The van der Waals surface area contributed by atoms with Gasteiger partial charge in [0.05, 0.1) is 6.10 Å². The van der Waals surface area contributed by atoms with Gasteiger partial charge < -0.3 is 10.1 Å². The van der Waals surface area contributed by atoms with Crippen LogP contribution in [0.4, 0.5) is 0 Å². The van der Waals surface area contributed by atoms with Crippen LogP contribution < -0.4 is 10.1 Å². The highest BCUT2D eigenvalue weighted by Gasteiger charge is 2.18. The molecule has 1 aromatic carbocycles. The molecule has 1 atom stereocenters. The molecule has 1 saturated heterocycles. The SMILES string of the molecule is CC1CCc2cc(CC3CCNCC3)ccc2O1. The maximum absolute atomic E-state index is 5.87. The van der Waals surface area contributed by atoms with Crippen molar-refractivity contribution in [3.8, 4) is 5.75 Å². The number of aryl methyl sites for hydroxylation is 1. The Morgan fingerprint density at radius 2 is 2.06 bits per heavy atom. The molecule has 2 aliphatic rings. The minimum Gasteiger partial charge on any atom is -0.490 e. The van der Waals surface area contributed by atoms with E-state index in [9.17, 15) is 0 Å². The van der Waals surface area contributed by atoms with Crippen molar-refractivity contribution in [1.29, 1.82) is 0 Å². The van der Waals surface area contributed by atoms with E-state index in [1.807, 2.05) is 0 Å². The fourth-order valence-electron chi connectivity index (χ4n) is 3.12. The molecule has 2 heteroatoms. The number of fused-ring (bicyclic) bond motifs is 1. The topological polar surface area (TPSA) is 21.3 Å². The Hall–Kier alpha value is -1.02. The Balaban J connectivity index is 1.69. The maximum atomic E-state index is 5.87. The third-order valence-corrected chi connectivity index (χ3v) is 4.26. The van der Waals surface area contributed by atoms with E-state index in [0.717, 1.165) is 18.1 Å². The molecular weight excluding hydrogens is 222 g/mol. The summed E-state index contributed by atoms with van der Waals surface area (Å²) < 4.78 is 5.87. The number of hydrogen-bond acceptors (Lipinski definition) is 2. The maximum Gasteiger partial charge on any atom is 0.122 e. The van der Waals surface area contributed by atoms with Crippen molar-refractivity contribution in [2.75, 3.05) is 13.1 Å². The monoisotopic (exact) mass is 245 g/mol. The van der Waals surface area contributed by atoms with Crippen LogP contribution in [0.15, 0.2) is 18.2 Å². The van der Waals surface area contributed by atoms with Crippen molar-refractivity contribution in [1.82, 2.24) is 5.32 Å². The van der Waals surface area contributed by atoms with Crippen molar-refractivity contribution >= 4 is 0 Å². The summed E-state index contributed by atoms with van der Waals surface area (Å²) in [6, 6.07) is 6.82. The number of benzene rings is 1.